The molecule has 1 saturated heterocycles. The van der Waals surface area contributed by atoms with E-state index in [-0.39, 0.29) is 6.61 Å². The van der Waals surface area contributed by atoms with Gasteiger partial charge in [-0.3, -0.25) is 14.5 Å². The molecule has 104 valence electrons. The zero-order valence-corrected chi connectivity index (χ0v) is 10.5. The molecule has 0 aliphatic carbocycles. The third kappa shape index (κ3) is 5.95. The molecule has 7 nitrogen and oxygen atoms in total. The first kappa shape index (κ1) is 14.9. The average molecular weight is 259 g/mol. The van der Waals surface area contributed by atoms with Crippen molar-refractivity contribution in [3.05, 3.63) is 0 Å². The van der Waals surface area contributed by atoms with E-state index in [1.807, 2.05) is 0 Å². The SMILES string of the molecule is O=C(NCCCO)C(=O)NCCN1CCOCC1. The van der Waals surface area contributed by atoms with Gasteiger partial charge < -0.3 is 20.5 Å². The van der Waals surface area contributed by atoms with E-state index in [2.05, 4.69) is 15.5 Å². The number of nitrogens with zero attached hydrogens (tertiary/aromatic N) is 1. The van der Waals surface area contributed by atoms with Crippen LogP contribution in [-0.2, 0) is 14.3 Å². The second kappa shape index (κ2) is 8.84. The predicted octanol–water partition coefficient (Wildman–Crippen LogP) is -2.07. The summed E-state index contributed by atoms with van der Waals surface area (Å²) in [6, 6.07) is 0. The molecular formula is C11H21N3O4. The molecule has 1 fully saturated rings. The Bertz CT molecular complexity index is 267. The number of morpholine rings is 1. The number of nitrogens with one attached hydrogen (secondary N) is 2. The van der Waals surface area contributed by atoms with Crippen LogP contribution < -0.4 is 10.6 Å². The summed E-state index contributed by atoms with van der Waals surface area (Å²) in [4.78, 5) is 24.8. The highest BCUT2D eigenvalue weighted by molar-refractivity contribution is 6.35. The zero-order valence-electron chi connectivity index (χ0n) is 10.5. The van der Waals surface area contributed by atoms with Crippen molar-refractivity contribution in [2.45, 2.75) is 6.42 Å². The summed E-state index contributed by atoms with van der Waals surface area (Å²) < 4.78 is 5.21. The summed E-state index contributed by atoms with van der Waals surface area (Å²) in [7, 11) is 0. The fourth-order valence-electron chi connectivity index (χ4n) is 1.59. The van der Waals surface area contributed by atoms with Crippen LogP contribution in [0.2, 0.25) is 0 Å². The number of aliphatic hydroxyl groups is 1. The number of carbonyl (C=O) groups excluding carboxylic acids is 2. The molecule has 3 N–H and O–H groups in total. The summed E-state index contributed by atoms with van der Waals surface area (Å²) in [5.74, 6) is -1.27. The van der Waals surface area contributed by atoms with E-state index < -0.39 is 11.8 Å². The maximum atomic E-state index is 11.4. The van der Waals surface area contributed by atoms with Crippen molar-refractivity contribution in [2.24, 2.45) is 0 Å². The summed E-state index contributed by atoms with van der Waals surface area (Å²) in [6.07, 6.45) is 0.451. The monoisotopic (exact) mass is 259 g/mol. The van der Waals surface area contributed by atoms with Gasteiger partial charge in [0.2, 0.25) is 0 Å². The molecule has 0 unspecified atom stereocenters. The maximum Gasteiger partial charge on any atom is 0.309 e. The van der Waals surface area contributed by atoms with Crippen LogP contribution in [0.1, 0.15) is 6.42 Å². The molecule has 1 heterocycles. The molecule has 1 rings (SSSR count). The summed E-state index contributed by atoms with van der Waals surface area (Å²) >= 11 is 0. The number of carbonyl (C=O) groups is 2. The molecule has 1 aliphatic rings. The van der Waals surface area contributed by atoms with E-state index in [1.54, 1.807) is 0 Å². The molecule has 0 aromatic heterocycles. The lowest BCUT2D eigenvalue weighted by Crippen LogP contribution is -2.45. The molecule has 0 spiro atoms. The Balaban J connectivity index is 2.06. The zero-order chi connectivity index (χ0) is 13.2. The van der Waals surface area contributed by atoms with Crippen LogP contribution in [0.5, 0.6) is 0 Å². The van der Waals surface area contributed by atoms with Crippen molar-refractivity contribution in [1.29, 1.82) is 0 Å². The summed E-state index contributed by atoms with van der Waals surface area (Å²) in [6.45, 7) is 4.64. The van der Waals surface area contributed by atoms with Crippen molar-refractivity contribution in [3.63, 3.8) is 0 Å². The van der Waals surface area contributed by atoms with Crippen LogP contribution in [0.4, 0.5) is 0 Å². The van der Waals surface area contributed by atoms with E-state index in [4.69, 9.17) is 9.84 Å². The molecule has 0 atom stereocenters. The van der Waals surface area contributed by atoms with Gasteiger partial charge in [0.25, 0.3) is 0 Å². The minimum absolute atomic E-state index is 0.00106. The van der Waals surface area contributed by atoms with Gasteiger partial charge in [-0.1, -0.05) is 0 Å². The molecule has 1 aliphatic heterocycles. The Hall–Kier alpha value is -1.18. The largest absolute Gasteiger partial charge is 0.396 e. The minimum atomic E-state index is -0.648. The Morgan fingerprint density at radius 1 is 1.11 bits per heavy atom. The quantitative estimate of drug-likeness (QED) is 0.377. The topological polar surface area (TPSA) is 90.9 Å². The first-order chi connectivity index (χ1) is 8.74. The van der Waals surface area contributed by atoms with Gasteiger partial charge in [0.05, 0.1) is 13.2 Å². The first-order valence-corrected chi connectivity index (χ1v) is 6.21. The van der Waals surface area contributed by atoms with Gasteiger partial charge in [-0.2, -0.15) is 0 Å². The highest BCUT2D eigenvalue weighted by atomic mass is 16.5. The van der Waals surface area contributed by atoms with Crippen LogP contribution in [0.3, 0.4) is 0 Å². The lowest BCUT2D eigenvalue weighted by molar-refractivity contribution is -0.139. The Morgan fingerprint density at radius 3 is 2.33 bits per heavy atom. The number of aliphatic hydroxyl groups excluding tert-OH is 1. The minimum Gasteiger partial charge on any atom is -0.396 e. The number of amides is 2. The van der Waals surface area contributed by atoms with Crippen LogP contribution in [0, 0.1) is 0 Å². The number of ether oxygens (including phenoxy) is 1. The van der Waals surface area contributed by atoms with Gasteiger partial charge in [0, 0.05) is 39.3 Å². The van der Waals surface area contributed by atoms with Gasteiger partial charge >= 0.3 is 11.8 Å². The lowest BCUT2D eigenvalue weighted by atomic mass is 10.4. The summed E-state index contributed by atoms with van der Waals surface area (Å²) in [5, 5.41) is 13.5. The molecule has 0 aromatic carbocycles. The van der Waals surface area contributed by atoms with Crippen LogP contribution in [0.15, 0.2) is 0 Å². The van der Waals surface area contributed by atoms with E-state index in [0.29, 0.717) is 19.5 Å². The van der Waals surface area contributed by atoms with E-state index in [9.17, 15) is 9.59 Å². The molecule has 0 aromatic rings. The molecule has 2 amide bonds. The molecule has 0 saturated carbocycles. The first-order valence-electron chi connectivity index (χ1n) is 6.21. The molecule has 18 heavy (non-hydrogen) atoms. The molecular weight excluding hydrogens is 238 g/mol. The predicted molar refractivity (Wildman–Crippen MR) is 65.0 cm³/mol. The number of hydrogen-bond acceptors (Lipinski definition) is 5. The van der Waals surface area contributed by atoms with Crippen LogP contribution >= 0.6 is 0 Å². The Kier molecular flexibility index (Phi) is 7.31. The van der Waals surface area contributed by atoms with Crippen LogP contribution in [-0.4, -0.2) is 74.4 Å². The van der Waals surface area contributed by atoms with Crippen molar-refractivity contribution < 1.29 is 19.4 Å². The van der Waals surface area contributed by atoms with Gasteiger partial charge in [0.1, 0.15) is 0 Å². The van der Waals surface area contributed by atoms with Crippen molar-refractivity contribution in [2.75, 3.05) is 52.5 Å². The van der Waals surface area contributed by atoms with Crippen molar-refractivity contribution >= 4 is 11.8 Å². The third-order valence-electron chi connectivity index (χ3n) is 2.64. The lowest BCUT2D eigenvalue weighted by Gasteiger charge is -2.26. The van der Waals surface area contributed by atoms with E-state index >= 15 is 0 Å². The van der Waals surface area contributed by atoms with Gasteiger partial charge in [-0.05, 0) is 6.42 Å². The number of rotatable bonds is 6. The standard InChI is InChI=1S/C11H21N3O4/c15-7-1-2-12-10(16)11(17)13-3-4-14-5-8-18-9-6-14/h15H,1-9H2,(H,12,16)(H,13,17). The van der Waals surface area contributed by atoms with Gasteiger partial charge in [0.15, 0.2) is 0 Å². The molecule has 0 radical (unpaired) electrons. The van der Waals surface area contributed by atoms with E-state index in [1.165, 1.54) is 0 Å². The summed E-state index contributed by atoms with van der Waals surface area (Å²) in [5.41, 5.74) is 0. The van der Waals surface area contributed by atoms with Crippen molar-refractivity contribution in [3.8, 4) is 0 Å². The van der Waals surface area contributed by atoms with Crippen molar-refractivity contribution in [1.82, 2.24) is 15.5 Å². The Labute approximate surface area is 106 Å². The average Bonchev–Trinajstić information content (AvgIpc) is 2.40. The molecule has 7 heteroatoms. The number of hydrogen-bond donors (Lipinski definition) is 3. The highest BCUT2D eigenvalue weighted by Gasteiger charge is 2.13. The van der Waals surface area contributed by atoms with Gasteiger partial charge in [-0.15, -0.1) is 0 Å². The second-order valence-electron chi connectivity index (χ2n) is 4.04. The smallest absolute Gasteiger partial charge is 0.309 e. The fourth-order valence-corrected chi connectivity index (χ4v) is 1.59. The Morgan fingerprint density at radius 2 is 1.72 bits per heavy atom. The second-order valence-corrected chi connectivity index (χ2v) is 4.04. The molecule has 0 bridgehead atoms. The third-order valence-corrected chi connectivity index (χ3v) is 2.64. The van der Waals surface area contributed by atoms with Crippen LogP contribution in [0.25, 0.3) is 0 Å². The van der Waals surface area contributed by atoms with E-state index in [0.717, 1.165) is 32.8 Å². The highest BCUT2D eigenvalue weighted by Crippen LogP contribution is 1.94. The van der Waals surface area contributed by atoms with Gasteiger partial charge in [-0.25, -0.2) is 0 Å². The fraction of sp³-hybridized carbons (Fsp3) is 0.818. The normalized spacial score (nSPS) is 16.3. The maximum absolute atomic E-state index is 11.4.